The van der Waals surface area contributed by atoms with Crippen molar-refractivity contribution in [3.8, 4) is 0 Å². The summed E-state index contributed by atoms with van der Waals surface area (Å²) in [7, 11) is 1.83. The van der Waals surface area contributed by atoms with Gasteiger partial charge in [0.1, 0.15) is 0 Å². The van der Waals surface area contributed by atoms with Crippen LogP contribution in [0, 0.1) is 6.92 Å². The number of carboxylic acid groups (broad SMARTS) is 1. The molecule has 0 spiro atoms. The van der Waals surface area contributed by atoms with E-state index in [1.165, 1.54) is 11.8 Å². The molecule has 0 fully saturated rings. The molecule has 1 aromatic heterocycles. The summed E-state index contributed by atoms with van der Waals surface area (Å²) in [6, 6.07) is 5.47. The second kappa shape index (κ2) is 6.00. The maximum absolute atomic E-state index is 11.5. The van der Waals surface area contributed by atoms with E-state index in [0.717, 1.165) is 22.0 Å². The number of aromatic carboxylic acids is 1. The SMILES string of the molecule is CCSc1cccc(Nc2cn(C)nc2C)c1C(=O)O. The van der Waals surface area contributed by atoms with Crippen LogP contribution < -0.4 is 5.32 Å². The average molecular weight is 291 g/mol. The minimum absolute atomic E-state index is 0.308. The van der Waals surface area contributed by atoms with Gasteiger partial charge in [-0.3, -0.25) is 4.68 Å². The molecule has 0 unspecified atom stereocenters. The predicted octanol–water partition coefficient (Wildman–Crippen LogP) is 3.28. The van der Waals surface area contributed by atoms with Crippen molar-refractivity contribution in [1.29, 1.82) is 0 Å². The molecular formula is C14H17N3O2S. The van der Waals surface area contributed by atoms with Crippen molar-refractivity contribution < 1.29 is 9.90 Å². The summed E-state index contributed by atoms with van der Waals surface area (Å²) in [6.45, 7) is 3.88. The largest absolute Gasteiger partial charge is 0.478 e. The molecule has 2 N–H and O–H groups in total. The minimum atomic E-state index is -0.925. The summed E-state index contributed by atoms with van der Waals surface area (Å²) in [4.78, 5) is 12.3. The van der Waals surface area contributed by atoms with E-state index >= 15 is 0 Å². The maximum Gasteiger partial charge on any atom is 0.338 e. The quantitative estimate of drug-likeness (QED) is 0.827. The summed E-state index contributed by atoms with van der Waals surface area (Å²) in [5.41, 5.74) is 2.54. The minimum Gasteiger partial charge on any atom is -0.478 e. The first-order valence-electron chi connectivity index (χ1n) is 6.29. The van der Waals surface area contributed by atoms with Gasteiger partial charge in [0.15, 0.2) is 0 Å². The number of thioether (sulfide) groups is 1. The monoisotopic (exact) mass is 291 g/mol. The van der Waals surface area contributed by atoms with Gasteiger partial charge in [-0.25, -0.2) is 4.79 Å². The number of benzene rings is 1. The Kier molecular flexibility index (Phi) is 4.34. The van der Waals surface area contributed by atoms with E-state index in [1.54, 1.807) is 10.7 Å². The molecule has 0 aliphatic carbocycles. The zero-order chi connectivity index (χ0) is 14.7. The Bertz CT molecular complexity index is 637. The number of aromatic nitrogens is 2. The third kappa shape index (κ3) is 2.96. The van der Waals surface area contributed by atoms with Crippen LogP contribution in [0.2, 0.25) is 0 Å². The summed E-state index contributed by atoms with van der Waals surface area (Å²) in [5, 5.41) is 16.9. The summed E-state index contributed by atoms with van der Waals surface area (Å²) < 4.78 is 1.70. The molecular weight excluding hydrogens is 274 g/mol. The highest BCUT2D eigenvalue weighted by atomic mass is 32.2. The number of rotatable bonds is 5. The fraction of sp³-hybridized carbons (Fsp3) is 0.286. The van der Waals surface area contributed by atoms with Crippen LogP contribution >= 0.6 is 11.8 Å². The molecule has 0 atom stereocenters. The van der Waals surface area contributed by atoms with Gasteiger partial charge in [0, 0.05) is 18.1 Å². The Labute approximate surface area is 122 Å². The molecule has 106 valence electrons. The van der Waals surface area contributed by atoms with Crippen LogP contribution in [0.15, 0.2) is 29.3 Å². The highest BCUT2D eigenvalue weighted by Crippen LogP contribution is 2.31. The van der Waals surface area contributed by atoms with Crippen LogP contribution in [0.3, 0.4) is 0 Å². The second-order valence-corrected chi connectivity index (χ2v) is 5.65. The second-order valence-electron chi connectivity index (χ2n) is 4.34. The van der Waals surface area contributed by atoms with Gasteiger partial charge >= 0.3 is 5.97 Å². The molecule has 0 saturated heterocycles. The molecule has 2 rings (SSSR count). The molecule has 0 saturated carbocycles. The molecule has 0 radical (unpaired) electrons. The maximum atomic E-state index is 11.5. The smallest absolute Gasteiger partial charge is 0.338 e. The van der Waals surface area contributed by atoms with Gasteiger partial charge in [-0.05, 0) is 24.8 Å². The third-order valence-corrected chi connectivity index (χ3v) is 3.76. The Morgan fingerprint density at radius 1 is 1.45 bits per heavy atom. The van der Waals surface area contributed by atoms with E-state index in [4.69, 9.17) is 0 Å². The number of hydrogen-bond donors (Lipinski definition) is 2. The molecule has 0 amide bonds. The molecule has 0 bridgehead atoms. The van der Waals surface area contributed by atoms with Crippen molar-refractivity contribution in [3.63, 3.8) is 0 Å². The fourth-order valence-electron chi connectivity index (χ4n) is 2.00. The molecule has 20 heavy (non-hydrogen) atoms. The molecule has 1 aromatic carbocycles. The van der Waals surface area contributed by atoms with Crippen molar-refractivity contribution in [3.05, 3.63) is 35.7 Å². The molecule has 5 nitrogen and oxygen atoms in total. The lowest BCUT2D eigenvalue weighted by molar-refractivity contribution is 0.0694. The van der Waals surface area contributed by atoms with Crippen molar-refractivity contribution in [2.75, 3.05) is 11.1 Å². The van der Waals surface area contributed by atoms with Gasteiger partial charge in [0.25, 0.3) is 0 Å². The highest BCUT2D eigenvalue weighted by molar-refractivity contribution is 7.99. The first-order chi connectivity index (χ1) is 9.52. The Morgan fingerprint density at radius 3 is 2.75 bits per heavy atom. The first kappa shape index (κ1) is 14.5. The first-order valence-corrected chi connectivity index (χ1v) is 7.27. The van der Waals surface area contributed by atoms with Crippen LogP contribution in [0.25, 0.3) is 0 Å². The van der Waals surface area contributed by atoms with E-state index in [1.807, 2.05) is 39.2 Å². The van der Waals surface area contributed by atoms with Gasteiger partial charge in [-0.15, -0.1) is 11.8 Å². The van der Waals surface area contributed by atoms with Crippen LogP contribution in [-0.4, -0.2) is 26.6 Å². The summed E-state index contributed by atoms with van der Waals surface area (Å²) in [6.07, 6.45) is 1.83. The van der Waals surface area contributed by atoms with E-state index in [0.29, 0.717) is 11.3 Å². The molecule has 6 heteroatoms. The van der Waals surface area contributed by atoms with Gasteiger partial charge < -0.3 is 10.4 Å². The van der Waals surface area contributed by atoms with Gasteiger partial charge in [0.2, 0.25) is 0 Å². The Hall–Kier alpha value is -1.95. The standard InChI is InChI=1S/C14H17N3O2S/c1-4-20-12-7-5-6-10(13(12)14(18)19)15-11-8-17(3)16-9(11)2/h5-8,15H,4H2,1-3H3,(H,18,19). The highest BCUT2D eigenvalue weighted by Gasteiger charge is 2.16. The van der Waals surface area contributed by atoms with E-state index in [2.05, 4.69) is 10.4 Å². The third-order valence-electron chi connectivity index (χ3n) is 2.82. The molecule has 1 heterocycles. The fourth-order valence-corrected chi connectivity index (χ4v) is 2.83. The van der Waals surface area contributed by atoms with Crippen LogP contribution in [-0.2, 0) is 7.05 Å². The summed E-state index contributed by atoms with van der Waals surface area (Å²) >= 11 is 1.52. The van der Waals surface area contributed by atoms with Crippen LogP contribution in [0.4, 0.5) is 11.4 Å². The van der Waals surface area contributed by atoms with E-state index in [9.17, 15) is 9.90 Å². The lowest BCUT2D eigenvalue weighted by atomic mass is 10.1. The van der Waals surface area contributed by atoms with Crippen LogP contribution in [0.5, 0.6) is 0 Å². The molecule has 0 aliphatic rings. The van der Waals surface area contributed by atoms with Crippen molar-refractivity contribution >= 4 is 29.1 Å². The van der Waals surface area contributed by atoms with Gasteiger partial charge in [-0.1, -0.05) is 13.0 Å². The predicted molar refractivity (Wildman–Crippen MR) is 81.0 cm³/mol. The number of nitrogens with zero attached hydrogens (tertiary/aromatic N) is 2. The zero-order valence-electron chi connectivity index (χ0n) is 11.7. The summed E-state index contributed by atoms with van der Waals surface area (Å²) in [5.74, 6) is -0.0964. The molecule has 2 aromatic rings. The Morgan fingerprint density at radius 2 is 2.20 bits per heavy atom. The lowest BCUT2D eigenvalue weighted by Gasteiger charge is -2.12. The van der Waals surface area contributed by atoms with Gasteiger partial charge in [-0.2, -0.15) is 5.10 Å². The molecule has 0 aliphatic heterocycles. The Balaban J connectivity index is 2.43. The number of carbonyl (C=O) groups is 1. The normalized spacial score (nSPS) is 10.6. The number of hydrogen-bond acceptors (Lipinski definition) is 4. The van der Waals surface area contributed by atoms with E-state index < -0.39 is 5.97 Å². The number of nitrogens with one attached hydrogen (secondary N) is 1. The number of anilines is 2. The van der Waals surface area contributed by atoms with Crippen molar-refractivity contribution in [2.24, 2.45) is 7.05 Å². The van der Waals surface area contributed by atoms with Gasteiger partial charge in [0.05, 0.1) is 22.6 Å². The zero-order valence-corrected chi connectivity index (χ0v) is 12.5. The topological polar surface area (TPSA) is 67.2 Å². The van der Waals surface area contributed by atoms with Crippen molar-refractivity contribution in [1.82, 2.24) is 9.78 Å². The number of carboxylic acids is 1. The average Bonchev–Trinajstić information content (AvgIpc) is 2.68. The van der Waals surface area contributed by atoms with Crippen LogP contribution in [0.1, 0.15) is 23.0 Å². The lowest BCUT2D eigenvalue weighted by Crippen LogP contribution is -2.05. The van der Waals surface area contributed by atoms with E-state index in [-0.39, 0.29) is 0 Å². The van der Waals surface area contributed by atoms with Crippen molar-refractivity contribution in [2.45, 2.75) is 18.7 Å². The number of aryl methyl sites for hydroxylation is 2.